The summed E-state index contributed by atoms with van der Waals surface area (Å²) in [5, 5.41) is 3.29. The first-order valence-electron chi connectivity index (χ1n) is 11.3. The zero-order valence-corrected chi connectivity index (χ0v) is 20.6. The highest BCUT2D eigenvalue weighted by molar-refractivity contribution is 7.99. The molecule has 4 aromatic rings. The summed E-state index contributed by atoms with van der Waals surface area (Å²) in [5.74, 6) is -0.313. The highest BCUT2D eigenvalue weighted by Gasteiger charge is 2.17. The van der Waals surface area contributed by atoms with Crippen LogP contribution in [0.1, 0.15) is 34.1 Å². The minimum atomic E-state index is -0.507. The highest BCUT2D eigenvalue weighted by atomic mass is 32.2. The van der Waals surface area contributed by atoms with E-state index in [1.807, 2.05) is 6.92 Å². The average Bonchev–Trinajstić information content (AvgIpc) is 2.90. The molecule has 9 heteroatoms. The van der Waals surface area contributed by atoms with Crippen LogP contribution in [-0.2, 0) is 0 Å². The smallest absolute Gasteiger partial charge is 0.266 e. The monoisotopic (exact) mass is 505 g/mol. The highest BCUT2D eigenvalue weighted by Crippen LogP contribution is 2.24. The molecule has 1 aromatic heterocycles. The standard InChI is InChI=1S/C27H24FN3O4S/c1-3-13-29-25(33)18-9-12-22-23(14-18)30-27(31(26(22)34)20-6-4-5-19(28)15-20)36-16-24(32)17-7-10-21(35-2)11-8-17/h4-12,14-15H,3,13,16H2,1-2H3,(H,29,33). The van der Waals surface area contributed by atoms with Crippen molar-refractivity contribution in [1.82, 2.24) is 14.9 Å². The van der Waals surface area contributed by atoms with Gasteiger partial charge in [0.1, 0.15) is 11.6 Å². The lowest BCUT2D eigenvalue weighted by atomic mass is 10.1. The summed E-state index contributed by atoms with van der Waals surface area (Å²) in [6.45, 7) is 2.48. The minimum absolute atomic E-state index is 0.00370. The lowest BCUT2D eigenvalue weighted by Crippen LogP contribution is -2.25. The quantitative estimate of drug-likeness (QED) is 0.202. The third-order valence-electron chi connectivity index (χ3n) is 5.45. The normalized spacial score (nSPS) is 10.9. The number of methoxy groups -OCH3 is 1. The Kier molecular flexibility index (Phi) is 7.80. The number of aromatic nitrogens is 2. The second-order valence-electron chi connectivity index (χ2n) is 7.94. The topological polar surface area (TPSA) is 90.3 Å². The Labute approximate surface area is 211 Å². The third kappa shape index (κ3) is 5.46. The molecule has 184 valence electrons. The maximum Gasteiger partial charge on any atom is 0.266 e. The zero-order chi connectivity index (χ0) is 25.7. The van der Waals surface area contributed by atoms with Crippen LogP contribution in [0.4, 0.5) is 4.39 Å². The predicted octanol–water partition coefficient (Wildman–Crippen LogP) is 4.65. The molecule has 0 aliphatic rings. The number of fused-ring (bicyclic) bond motifs is 1. The van der Waals surface area contributed by atoms with Gasteiger partial charge in [0.25, 0.3) is 11.5 Å². The van der Waals surface area contributed by atoms with E-state index in [0.29, 0.717) is 34.6 Å². The minimum Gasteiger partial charge on any atom is -0.497 e. The fourth-order valence-electron chi connectivity index (χ4n) is 3.58. The Morgan fingerprint density at radius 1 is 1.06 bits per heavy atom. The number of ether oxygens (including phenoxy) is 1. The molecule has 0 saturated carbocycles. The Morgan fingerprint density at radius 2 is 1.81 bits per heavy atom. The Morgan fingerprint density at radius 3 is 2.50 bits per heavy atom. The zero-order valence-electron chi connectivity index (χ0n) is 19.8. The third-order valence-corrected chi connectivity index (χ3v) is 6.39. The van der Waals surface area contributed by atoms with Gasteiger partial charge in [-0.2, -0.15) is 0 Å². The fraction of sp³-hybridized carbons (Fsp3) is 0.185. The van der Waals surface area contributed by atoms with E-state index in [9.17, 15) is 18.8 Å². The summed E-state index contributed by atoms with van der Waals surface area (Å²) in [4.78, 5) is 43.4. The second kappa shape index (κ2) is 11.2. The van der Waals surface area contributed by atoms with Crippen molar-refractivity contribution in [1.29, 1.82) is 0 Å². The van der Waals surface area contributed by atoms with Crippen LogP contribution in [0.3, 0.4) is 0 Å². The first-order chi connectivity index (χ1) is 17.4. The molecule has 0 unspecified atom stereocenters. The first-order valence-corrected chi connectivity index (χ1v) is 12.3. The number of carbonyl (C=O) groups excluding carboxylic acids is 2. The summed E-state index contributed by atoms with van der Waals surface area (Å²) in [5.41, 5.74) is 1.04. The molecule has 0 saturated heterocycles. The maximum atomic E-state index is 14.0. The van der Waals surface area contributed by atoms with Crippen LogP contribution in [0.15, 0.2) is 76.7 Å². The van der Waals surface area contributed by atoms with Gasteiger partial charge in [0.15, 0.2) is 10.9 Å². The van der Waals surface area contributed by atoms with Crippen molar-refractivity contribution in [2.45, 2.75) is 18.5 Å². The van der Waals surface area contributed by atoms with E-state index in [-0.39, 0.29) is 28.0 Å². The van der Waals surface area contributed by atoms with Crippen molar-refractivity contribution < 1.29 is 18.7 Å². The number of carbonyl (C=O) groups is 2. The van der Waals surface area contributed by atoms with Crippen molar-refractivity contribution in [3.05, 3.63) is 94.0 Å². The number of hydrogen-bond acceptors (Lipinski definition) is 6. The van der Waals surface area contributed by atoms with Crippen LogP contribution >= 0.6 is 11.8 Å². The van der Waals surface area contributed by atoms with Gasteiger partial charge in [-0.1, -0.05) is 24.8 Å². The lowest BCUT2D eigenvalue weighted by molar-refractivity contribution is 0.0952. The molecule has 1 heterocycles. The van der Waals surface area contributed by atoms with Crippen molar-refractivity contribution >= 4 is 34.4 Å². The number of halogens is 1. The van der Waals surface area contributed by atoms with Gasteiger partial charge in [0.2, 0.25) is 0 Å². The average molecular weight is 506 g/mol. The van der Waals surface area contributed by atoms with Crippen molar-refractivity contribution in [2.24, 2.45) is 0 Å². The van der Waals surface area contributed by atoms with Gasteiger partial charge < -0.3 is 10.1 Å². The van der Waals surface area contributed by atoms with Crippen LogP contribution in [0, 0.1) is 5.82 Å². The van der Waals surface area contributed by atoms with E-state index in [1.165, 1.54) is 28.8 Å². The largest absolute Gasteiger partial charge is 0.497 e. The van der Waals surface area contributed by atoms with E-state index in [1.54, 1.807) is 49.6 Å². The molecule has 0 bridgehead atoms. The van der Waals surface area contributed by atoms with E-state index in [4.69, 9.17) is 4.74 Å². The Bertz CT molecular complexity index is 1490. The summed E-state index contributed by atoms with van der Waals surface area (Å²) < 4.78 is 20.4. The second-order valence-corrected chi connectivity index (χ2v) is 8.89. The number of hydrogen-bond donors (Lipinski definition) is 1. The number of amides is 1. The SMILES string of the molecule is CCCNC(=O)c1ccc2c(=O)n(-c3cccc(F)c3)c(SCC(=O)c3ccc(OC)cc3)nc2c1. The van der Waals surface area contributed by atoms with Gasteiger partial charge in [-0.3, -0.25) is 19.0 Å². The van der Waals surface area contributed by atoms with Gasteiger partial charge >= 0.3 is 0 Å². The van der Waals surface area contributed by atoms with E-state index >= 15 is 0 Å². The van der Waals surface area contributed by atoms with Gasteiger partial charge in [-0.15, -0.1) is 0 Å². The van der Waals surface area contributed by atoms with E-state index in [2.05, 4.69) is 10.3 Å². The van der Waals surface area contributed by atoms with Crippen molar-refractivity contribution in [2.75, 3.05) is 19.4 Å². The van der Waals surface area contributed by atoms with Crippen LogP contribution in [0.25, 0.3) is 16.6 Å². The molecule has 0 radical (unpaired) electrons. The number of nitrogens with zero attached hydrogens (tertiary/aromatic N) is 2. The number of benzene rings is 3. The summed E-state index contributed by atoms with van der Waals surface area (Å²) in [7, 11) is 1.54. The molecule has 0 spiro atoms. The molecule has 3 aromatic carbocycles. The number of rotatable bonds is 9. The predicted molar refractivity (Wildman–Crippen MR) is 138 cm³/mol. The molecule has 0 fully saturated rings. The van der Waals surface area contributed by atoms with Gasteiger partial charge in [0, 0.05) is 17.7 Å². The number of ketones is 1. The Hall–Kier alpha value is -3.98. The van der Waals surface area contributed by atoms with Crippen molar-refractivity contribution in [3.8, 4) is 11.4 Å². The molecule has 0 atom stereocenters. The molecule has 1 amide bonds. The number of Topliss-reactive ketones (excluding diaryl/α,β-unsaturated/α-hetero) is 1. The van der Waals surface area contributed by atoms with Gasteiger partial charge in [0.05, 0.1) is 29.5 Å². The molecule has 7 nitrogen and oxygen atoms in total. The van der Waals surface area contributed by atoms with Gasteiger partial charge in [-0.05, 0) is 67.1 Å². The molecule has 4 rings (SSSR count). The first kappa shape index (κ1) is 25.1. The van der Waals surface area contributed by atoms with E-state index in [0.717, 1.165) is 18.2 Å². The summed E-state index contributed by atoms with van der Waals surface area (Å²) in [6, 6.07) is 17.0. The van der Waals surface area contributed by atoms with Crippen LogP contribution < -0.4 is 15.6 Å². The van der Waals surface area contributed by atoms with Crippen LogP contribution in [-0.4, -0.2) is 40.6 Å². The fourth-order valence-corrected chi connectivity index (χ4v) is 4.48. The summed E-state index contributed by atoms with van der Waals surface area (Å²) >= 11 is 1.07. The molecule has 1 N–H and O–H groups in total. The van der Waals surface area contributed by atoms with Crippen LogP contribution in [0.2, 0.25) is 0 Å². The molecular weight excluding hydrogens is 481 g/mol. The maximum absolute atomic E-state index is 14.0. The number of nitrogens with one attached hydrogen (secondary N) is 1. The lowest BCUT2D eigenvalue weighted by Gasteiger charge is -2.14. The Balaban J connectivity index is 1.75. The number of thioether (sulfide) groups is 1. The molecular formula is C27H24FN3O4S. The molecule has 36 heavy (non-hydrogen) atoms. The van der Waals surface area contributed by atoms with E-state index < -0.39 is 11.4 Å². The summed E-state index contributed by atoms with van der Waals surface area (Å²) in [6.07, 6.45) is 0.791. The van der Waals surface area contributed by atoms with Crippen molar-refractivity contribution in [3.63, 3.8) is 0 Å². The molecule has 0 aliphatic heterocycles. The van der Waals surface area contributed by atoms with Gasteiger partial charge in [-0.25, -0.2) is 9.37 Å². The van der Waals surface area contributed by atoms with Crippen LogP contribution in [0.5, 0.6) is 5.75 Å². The molecule has 0 aliphatic carbocycles.